The van der Waals surface area contributed by atoms with E-state index in [1.165, 1.54) is 4.57 Å². The van der Waals surface area contributed by atoms with Gasteiger partial charge in [0.05, 0.1) is 6.54 Å². The molecule has 5 heteroatoms. The number of para-hydroxylation sites is 1. The lowest BCUT2D eigenvalue weighted by atomic mass is 10.2. The summed E-state index contributed by atoms with van der Waals surface area (Å²) in [7, 11) is 0. The predicted octanol–water partition coefficient (Wildman–Crippen LogP) is 4.22. The topological polar surface area (TPSA) is 42.3 Å². The molecule has 3 rings (SSSR count). The molecule has 3 aromatic rings. The van der Waals surface area contributed by atoms with Crippen molar-refractivity contribution in [1.82, 2.24) is 4.57 Å². The van der Waals surface area contributed by atoms with Crippen LogP contribution < -0.4 is 10.5 Å². The van der Waals surface area contributed by atoms with Gasteiger partial charge in [0, 0.05) is 23.5 Å². The lowest BCUT2D eigenvalue weighted by molar-refractivity contribution is 0.0986. The number of hydrogen-bond donors (Lipinski definition) is 0. The van der Waals surface area contributed by atoms with Gasteiger partial charge in [-0.3, -0.25) is 9.59 Å². The highest BCUT2D eigenvalue weighted by Gasteiger charge is 2.19. The maximum atomic E-state index is 12.9. The molecule has 0 fully saturated rings. The van der Waals surface area contributed by atoms with E-state index >= 15 is 0 Å². The fourth-order valence-electron chi connectivity index (χ4n) is 2.81. The second-order valence-corrected chi connectivity index (χ2v) is 6.30. The average Bonchev–Trinajstić information content (AvgIpc) is 2.66. The summed E-state index contributed by atoms with van der Waals surface area (Å²) in [6.45, 7) is 2.75. The third-order valence-corrected chi connectivity index (χ3v) is 4.40. The Bertz CT molecular complexity index is 950. The van der Waals surface area contributed by atoms with Crippen LogP contribution in [-0.2, 0) is 6.54 Å². The van der Waals surface area contributed by atoms with E-state index in [4.69, 9.17) is 11.6 Å². The normalized spacial score (nSPS) is 10.5. The number of aromatic nitrogens is 1. The van der Waals surface area contributed by atoms with Gasteiger partial charge in [0.25, 0.3) is 11.5 Å². The second kappa shape index (κ2) is 8.02. The maximum Gasteiger partial charge on any atom is 0.263 e. The first-order valence-electron chi connectivity index (χ1n) is 8.41. The minimum Gasteiger partial charge on any atom is -0.310 e. The molecule has 0 aliphatic heterocycles. The van der Waals surface area contributed by atoms with E-state index in [1.807, 2.05) is 49.4 Å². The van der Waals surface area contributed by atoms with Crippen molar-refractivity contribution in [3.05, 3.63) is 99.4 Å². The van der Waals surface area contributed by atoms with Crippen LogP contribution in [0.1, 0.15) is 22.8 Å². The maximum absolute atomic E-state index is 12.9. The minimum absolute atomic E-state index is 0.159. The molecule has 1 amide bonds. The van der Waals surface area contributed by atoms with Gasteiger partial charge in [0.1, 0.15) is 5.56 Å². The molecule has 0 radical (unpaired) electrons. The molecule has 0 unspecified atom stereocenters. The van der Waals surface area contributed by atoms with Crippen LogP contribution in [0.25, 0.3) is 0 Å². The zero-order valence-electron chi connectivity index (χ0n) is 14.4. The number of hydrogen-bond acceptors (Lipinski definition) is 2. The van der Waals surface area contributed by atoms with Crippen molar-refractivity contribution in [3.8, 4) is 0 Å². The van der Waals surface area contributed by atoms with E-state index < -0.39 is 0 Å². The van der Waals surface area contributed by atoms with Crippen molar-refractivity contribution in [2.75, 3.05) is 11.4 Å². The van der Waals surface area contributed by atoms with Crippen LogP contribution in [-0.4, -0.2) is 17.0 Å². The number of carbonyl (C=O) groups excluding carboxylic acids is 1. The number of amides is 1. The van der Waals surface area contributed by atoms with Gasteiger partial charge in [0.15, 0.2) is 0 Å². The van der Waals surface area contributed by atoms with Gasteiger partial charge in [-0.15, -0.1) is 0 Å². The van der Waals surface area contributed by atoms with Crippen LogP contribution in [0.15, 0.2) is 77.7 Å². The van der Waals surface area contributed by atoms with Gasteiger partial charge >= 0.3 is 0 Å². The summed E-state index contributed by atoms with van der Waals surface area (Å²) < 4.78 is 1.54. The molecule has 4 nitrogen and oxygen atoms in total. The van der Waals surface area contributed by atoms with Crippen LogP contribution in [0.2, 0.25) is 5.02 Å². The molecular formula is C21H19ClN2O2. The van der Waals surface area contributed by atoms with E-state index in [0.29, 0.717) is 18.1 Å². The Morgan fingerprint density at radius 1 is 1.00 bits per heavy atom. The Kier molecular flexibility index (Phi) is 5.54. The first-order chi connectivity index (χ1) is 12.6. The van der Waals surface area contributed by atoms with Gasteiger partial charge < -0.3 is 9.47 Å². The Labute approximate surface area is 157 Å². The molecule has 1 aromatic heterocycles. The van der Waals surface area contributed by atoms with Crippen molar-refractivity contribution >= 4 is 23.2 Å². The summed E-state index contributed by atoms with van der Waals surface area (Å²) in [6.07, 6.45) is 1.69. The summed E-state index contributed by atoms with van der Waals surface area (Å²) >= 11 is 5.90. The zero-order valence-corrected chi connectivity index (χ0v) is 15.2. The number of pyridine rings is 1. The Morgan fingerprint density at radius 3 is 2.35 bits per heavy atom. The number of benzene rings is 2. The number of rotatable bonds is 5. The van der Waals surface area contributed by atoms with Crippen molar-refractivity contribution in [3.63, 3.8) is 0 Å². The summed E-state index contributed by atoms with van der Waals surface area (Å²) in [4.78, 5) is 27.4. The van der Waals surface area contributed by atoms with Gasteiger partial charge in [-0.25, -0.2) is 0 Å². The molecule has 0 aliphatic rings. The van der Waals surface area contributed by atoms with Crippen LogP contribution in [0.4, 0.5) is 5.69 Å². The molecule has 0 spiro atoms. The zero-order chi connectivity index (χ0) is 18.5. The van der Waals surface area contributed by atoms with E-state index in [1.54, 1.807) is 35.4 Å². The smallest absolute Gasteiger partial charge is 0.263 e. The molecule has 132 valence electrons. The summed E-state index contributed by atoms with van der Waals surface area (Å²) in [6, 6.07) is 20.0. The first kappa shape index (κ1) is 18.0. The molecular weight excluding hydrogens is 348 g/mol. The van der Waals surface area contributed by atoms with Gasteiger partial charge in [-0.2, -0.15) is 0 Å². The largest absolute Gasteiger partial charge is 0.310 e. The van der Waals surface area contributed by atoms with Crippen molar-refractivity contribution in [2.45, 2.75) is 13.5 Å². The highest BCUT2D eigenvalue weighted by atomic mass is 35.5. The van der Waals surface area contributed by atoms with Crippen LogP contribution >= 0.6 is 11.6 Å². The third-order valence-electron chi connectivity index (χ3n) is 4.15. The molecule has 0 N–H and O–H groups in total. The highest BCUT2D eigenvalue weighted by Crippen LogP contribution is 2.15. The second-order valence-electron chi connectivity index (χ2n) is 5.87. The first-order valence-corrected chi connectivity index (χ1v) is 8.78. The Morgan fingerprint density at radius 2 is 1.69 bits per heavy atom. The molecule has 0 saturated carbocycles. The SMILES string of the molecule is CCN(C(=O)c1cccn(Cc2ccc(Cl)cc2)c1=O)c1ccccc1. The predicted molar refractivity (Wildman–Crippen MR) is 105 cm³/mol. The molecule has 0 atom stereocenters. The van der Waals surface area contributed by atoms with Crippen LogP contribution in [0.5, 0.6) is 0 Å². The molecule has 0 aliphatic carbocycles. The van der Waals surface area contributed by atoms with Gasteiger partial charge in [0.2, 0.25) is 0 Å². The molecule has 2 aromatic carbocycles. The molecule has 0 bridgehead atoms. The highest BCUT2D eigenvalue weighted by molar-refractivity contribution is 6.30. The number of anilines is 1. The standard InChI is InChI=1S/C21H19ClN2O2/c1-2-24(18-7-4-3-5-8-18)21(26)19-9-6-14-23(20(19)25)15-16-10-12-17(22)13-11-16/h3-14H,2,15H2,1H3. The molecule has 1 heterocycles. The fraction of sp³-hybridized carbons (Fsp3) is 0.143. The van der Waals surface area contributed by atoms with Crippen molar-refractivity contribution in [1.29, 1.82) is 0 Å². The Hall–Kier alpha value is -2.85. The lowest BCUT2D eigenvalue weighted by Gasteiger charge is -2.21. The summed E-state index contributed by atoms with van der Waals surface area (Å²) in [5.74, 6) is -0.297. The number of carbonyl (C=O) groups is 1. The van der Waals surface area contributed by atoms with Gasteiger partial charge in [-0.05, 0) is 48.9 Å². The number of nitrogens with zero attached hydrogens (tertiary/aromatic N) is 2. The quantitative estimate of drug-likeness (QED) is 0.678. The van der Waals surface area contributed by atoms with E-state index in [0.717, 1.165) is 11.3 Å². The Balaban J connectivity index is 1.92. The van der Waals surface area contributed by atoms with E-state index in [2.05, 4.69) is 0 Å². The van der Waals surface area contributed by atoms with E-state index in [9.17, 15) is 9.59 Å². The summed E-state index contributed by atoms with van der Waals surface area (Å²) in [5.41, 5.74) is 1.57. The number of halogens is 1. The monoisotopic (exact) mass is 366 g/mol. The van der Waals surface area contributed by atoms with E-state index in [-0.39, 0.29) is 17.0 Å². The summed E-state index contributed by atoms with van der Waals surface area (Å²) in [5, 5.41) is 0.645. The average molecular weight is 367 g/mol. The fourth-order valence-corrected chi connectivity index (χ4v) is 2.93. The van der Waals surface area contributed by atoms with Crippen molar-refractivity contribution < 1.29 is 4.79 Å². The lowest BCUT2D eigenvalue weighted by Crippen LogP contribution is -2.36. The van der Waals surface area contributed by atoms with Crippen LogP contribution in [0, 0.1) is 0 Å². The third kappa shape index (κ3) is 3.86. The molecule has 0 saturated heterocycles. The van der Waals surface area contributed by atoms with Crippen molar-refractivity contribution in [2.24, 2.45) is 0 Å². The van der Waals surface area contributed by atoms with Crippen LogP contribution in [0.3, 0.4) is 0 Å². The molecule has 26 heavy (non-hydrogen) atoms. The van der Waals surface area contributed by atoms with Gasteiger partial charge in [-0.1, -0.05) is 41.9 Å². The minimum atomic E-state index is -0.304.